The van der Waals surface area contributed by atoms with Gasteiger partial charge in [0, 0.05) is 19.2 Å². The van der Waals surface area contributed by atoms with E-state index in [9.17, 15) is 13.2 Å². The van der Waals surface area contributed by atoms with Crippen molar-refractivity contribution < 1.29 is 23.1 Å². The number of nitrogens with two attached hydrogens (primary N) is 1. The molecule has 3 atom stereocenters. The van der Waals surface area contributed by atoms with Crippen molar-refractivity contribution >= 4 is 5.84 Å². The molecule has 0 spiro atoms. The third-order valence-corrected chi connectivity index (χ3v) is 3.18. The highest BCUT2D eigenvalue weighted by atomic mass is 19.4. The van der Waals surface area contributed by atoms with Crippen molar-refractivity contribution in [2.45, 2.75) is 25.6 Å². The minimum atomic E-state index is -4.53. The van der Waals surface area contributed by atoms with Crippen molar-refractivity contribution in [3.8, 4) is 0 Å². The fourth-order valence-electron chi connectivity index (χ4n) is 1.88. The van der Waals surface area contributed by atoms with Crippen molar-refractivity contribution in [3.63, 3.8) is 0 Å². The smallest absolute Gasteiger partial charge is 0.400 e. The van der Waals surface area contributed by atoms with E-state index in [2.05, 4.69) is 10.5 Å². The largest absolute Gasteiger partial charge is 0.409 e. The quantitative estimate of drug-likeness (QED) is 0.300. The van der Waals surface area contributed by atoms with Crippen LogP contribution in [0.15, 0.2) is 5.16 Å². The van der Waals surface area contributed by atoms with Gasteiger partial charge in [-0.3, -0.25) is 0 Å². The molecule has 0 aliphatic carbocycles. The van der Waals surface area contributed by atoms with E-state index in [1.165, 1.54) is 0 Å². The topological polar surface area (TPSA) is 79.9 Å². The molecular weight excluding hydrogens is 251 g/mol. The van der Waals surface area contributed by atoms with E-state index in [4.69, 9.17) is 15.7 Å². The Hall–Kier alpha value is -1.02. The number of halogens is 3. The normalized spacial score (nSPS) is 25.1. The third kappa shape index (κ3) is 4.02. The van der Waals surface area contributed by atoms with E-state index in [0.29, 0.717) is 13.2 Å². The number of nitrogens with zero attached hydrogens (tertiary/aromatic N) is 1. The predicted octanol–water partition coefficient (Wildman–Crippen LogP) is 0.926. The maximum Gasteiger partial charge on any atom is 0.400 e. The van der Waals surface area contributed by atoms with Crippen LogP contribution in [-0.2, 0) is 4.74 Å². The van der Waals surface area contributed by atoms with Gasteiger partial charge in [-0.15, -0.1) is 0 Å². The molecule has 1 rings (SSSR count). The van der Waals surface area contributed by atoms with E-state index in [1.807, 2.05) is 0 Å². The minimum absolute atomic E-state index is 0.108. The minimum Gasteiger partial charge on any atom is -0.409 e. The SMILES string of the molecule is CC(NCC(C(N)=NO)C(F)(F)F)C1CCOC1. The van der Waals surface area contributed by atoms with Crippen LogP contribution in [0.25, 0.3) is 0 Å². The lowest BCUT2D eigenvalue weighted by atomic mass is 9.99. The second-order valence-electron chi connectivity index (χ2n) is 4.44. The van der Waals surface area contributed by atoms with Crippen LogP contribution in [-0.4, -0.2) is 43.0 Å². The number of hydrogen-bond donors (Lipinski definition) is 3. The molecule has 0 aromatic heterocycles. The monoisotopic (exact) mass is 269 g/mol. The molecule has 8 heteroatoms. The van der Waals surface area contributed by atoms with Crippen LogP contribution < -0.4 is 11.1 Å². The zero-order valence-corrected chi connectivity index (χ0v) is 10.1. The molecule has 1 fully saturated rings. The fraction of sp³-hybridized carbons (Fsp3) is 0.900. The maximum absolute atomic E-state index is 12.6. The summed E-state index contributed by atoms with van der Waals surface area (Å²) >= 11 is 0. The molecule has 0 bridgehead atoms. The first-order valence-corrected chi connectivity index (χ1v) is 5.71. The molecule has 0 radical (unpaired) electrons. The van der Waals surface area contributed by atoms with E-state index in [0.717, 1.165) is 6.42 Å². The van der Waals surface area contributed by atoms with Gasteiger partial charge in [0.25, 0.3) is 0 Å². The summed E-state index contributed by atoms with van der Waals surface area (Å²) in [5, 5.41) is 13.6. The lowest BCUT2D eigenvalue weighted by Crippen LogP contribution is -2.46. The molecule has 1 heterocycles. The van der Waals surface area contributed by atoms with Gasteiger partial charge in [-0.25, -0.2) is 0 Å². The van der Waals surface area contributed by atoms with E-state index >= 15 is 0 Å². The number of nitrogens with one attached hydrogen (secondary N) is 1. The summed E-state index contributed by atoms with van der Waals surface area (Å²) in [7, 11) is 0. The van der Waals surface area contributed by atoms with Crippen molar-refractivity contribution in [2.75, 3.05) is 19.8 Å². The molecule has 0 amide bonds. The molecule has 3 unspecified atom stereocenters. The van der Waals surface area contributed by atoms with Gasteiger partial charge < -0.3 is 21.0 Å². The highest BCUT2D eigenvalue weighted by Crippen LogP contribution is 2.26. The Morgan fingerprint density at radius 1 is 1.61 bits per heavy atom. The number of ether oxygens (including phenoxy) is 1. The molecule has 106 valence electrons. The van der Waals surface area contributed by atoms with Crippen molar-refractivity contribution in [1.29, 1.82) is 0 Å². The Kier molecular flexibility index (Phi) is 5.21. The van der Waals surface area contributed by atoms with Gasteiger partial charge in [-0.1, -0.05) is 5.16 Å². The Morgan fingerprint density at radius 2 is 2.28 bits per heavy atom. The Labute approximate surface area is 103 Å². The first-order valence-electron chi connectivity index (χ1n) is 5.71. The summed E-state index contributed by atoms with van der Waals surface area (Å²) in [5.41, 5.74) is 5.06. The summed E-state index contributed by atoms with van der Waals surface area (Å²) in [6, 6.07) is -0.108. The molecule has 0 aromatic carbocycles. The second kappa shape index (κ2) is 6.24. The third-order valence-electron chi connectivity index (χ3n) is 3.18. The molecule has 4 N–H and O–H groups in total. The van der Waals surface area contributed by atoms with Crippen LogP contribution in [0.4, 0.5) is 13.2 Å². The Balaban J connectivity index is 2.51. The Morgan fingerprint density at radius 3 is 2.72 bits per heavy atom. The standard InChI is InChI=1S/C10H18F3N3O2/c1-6(7-2-3-18-5-7)15-4-8(9(14)16-17)10(11,12)13/h6-8,15,17H,2-5H2,1H3,(H2,14,16). The molecule has 5 nitrogen and oxygen atoms in total. The van der Waals surface area contributed by atoms with Gasteiger partial charge in [-0.05, 0) is 19.3 Å². The van der Waals surface area contributed by atoms with Gasteiger partial charge in [0.05, 0.1) is 6.61 Å². The van der Waals surface area contributed by atoms with Crippen LogP contribution in [0.5, 0.6) is 0 Å². The van der Waals surface area contributed by atoms with Gasteiger partial charge in [0.15, 0.2) is 5.84 Å². The van der Waals surface area contributed by atoms with Crippen molar-refractivity contribution in [2.24, 2.45) is 22.7 Å². The number of amidine groups is 1. The van der Waals surface area contributed by atoms with Gasteiger partial charge in [-0.2, -0.15) is 13.2 Å². The summed E-state index contributed by atoms with van der Waals surface area (Å²) in [4.78, 5) is 0. The zero-order chi connectivity index (χ0) is 13.8. The highest BCUT2D eigenvalue weighted by Gasteiger charge is 2.43. The first-order chi connectivity index (χ1) is 8.36. The Bertz CT molecular complexity index is 291. The summed E-state index contributed by atoms with van der Waals surface area (Å²) in [6.07, 6.45) is -3.70. The second-order valence-corrected chi connectivity index (χ2v) is 4.44. The number of oxime groups is 1. The maximum atomic E-state index is 12.6. The number of hydrogen-bond acceptors (Lipinski definition) is 4. The number of rotatable bonds is 5. The molecule has 1 saturated heterocycles. The predicted molar refractivity (Wildman–Crippen MR) is 59.3 cm³/mol. The summed E-state index contributed by atoms with van der Waals surface area (Å²) in [5.74, 6) is -2.61. The summed E-state index contributed by atoms with van der Waals surface area (Å²) < 4.78 is 43.1. The molecule has 0 saturated carbocycles. The zero-order valence-electron chi connectivity index (χ0n) is 10.1. The van der Waals surface area contributed by atoms with Gasteiger partial charge >= 0.3 is 6.18 Å². The van der Waals surface area contributed by atoms with Gasteiger partial charge in [0.1, 0.15) is 5.92 Å². The summed E-state index contributed by atoms with van der Waals surface area (Å²) in [6.45, 7) is 2.59. The van der Waals surface area contributed by atoms with Crippen LogP contribution in [0.1, 0.15) is 13.3 Å². The average Bonchev–Trinajstić information content (AvgIpc) is 2.80. The highest BCUT2D eigenvalue weighted by molar-refractivity contribution is 5.83. The molecule has 0 aromatic rings. The van der Waals surface area contributed by atoms with E-state index in [-0.39, 0.29) is 12.0 Å². The van der Waals surface area contributed by atoms with Crippen LogP contribution in [0, 0.1) is 11.8 Å². The van der Waals surface area contributed by atoms with Gasteiger partial charge in [0.2, 0.25) is 0 Å². The van der Waals surface area contributed by atoms with Crippen LogP contribution in [0.2, 0.25) is 0 Å². The number of alkyl halides is 3. The lowest BCUT2D eigenvalue weighted by Gasteiger charge is -2.24. The van der Waals surface area contributed by atoms with E-state index in [1.54, 1.807) is 6.92 Å². The first kappa shape index (κ1) is 15.0. The molecule has 18 heavy (non-hydrogen) atoms. The lowest BCUT2D eigenvalue weighted by molar-refractivity contribution is -0.155. The average molecular weight is 269 g/mol. The fourth-order valence-corrected chi connectivity index (χ4v) is 1.88. The van der Waals surface area contributed by atoms with Crippen molar-refractivity contribution in [3.05, 3.63) is 0 Å². The molecule has 1 aliphatic rings. The van der Waals surface area contributed by atoms with Crippen LogP contribution >= 0.6 is 0 Å². The van der Waals surface area contributed by atoms with Crippen LogP contribution in [0.3, 0.4) is 0 Å². The van der Waals surface area contributed by atoms with E-state index < -0.39 is 24.5 Å². The van der Waals surface area contributed by atoms with Crippen molar-refractivity contribution in [1.82, 2.24) is 5.32 Å². The molecular formula is C10H18F3N3O2. The molecule has 1 aliphatic heterocycles.